The predicted octanol–water partition coefficient (Wildman–Crippen LogP) is 5.94. The largest absolute Gasteiger partial charge is 0.294 e. The van der Waals surface area contributed by atoms with Gasteiger partial charge in [0.2, 0.25) is 0 Å². The number of amides is 1. The van der Waals surface area contributed by atoms with E-state index in [1.165, 1.54) is 16.7 Å². The molecular weight excluding hydrogens is 430 g/mol. The molecule has 2 aliphatic rings. The summed E-state index contributed by atoms with van der Waals surface area (Å²) in [5.41, 5.74) is 7.10. The third kappa shape index (κ3) is 5.71. The van der Waals surface area contributed by atoms with E-state index in [4.69, 9.17) is 5.10 Å². The van der Waals surface area contributed by atoms with Crippen LogP contribution in [0.4, 0.5) is 0 Å². The molecule has 1 amide bonds. The van der Waals surface area contributed by atoms with E-state index in [0.717, 1.165) is 55.6 Å². The number of hydrogen-bond donors (Lipinski definition) is 0. The number of hydrazone groups is 1. The zero-order valence-electron chi connectivity index (χ0n) is 20.9. The second kappa shape index (κ2) is 10.6. The topological polar surface area (TPSA) is 35.9 Å². The minimum Gasteiger partial charge on any atom is -0.294 e. The molecule has 180 valence electrons. The molecule has 2 aliphatic heterocycles. The van der Waals surface area contributed by atoms with Crippen LogP contribution in [0.2, 0.25) is 0 Å². The molecule has 35 heavy (non-hydrogen) atoms. The number of aryl methyl sites for hydroxylation is 2. The minimum absolute atomic E-state index is 0.0470. The zero-order valence-corrected chi connectivity index (χ0v) is 20.9. The SMILES string of the molecule is Cc1ccc(C2CC(c3cccc(C)c3)=NN2C(=O)CN2CCC(Cc3ccccc3)CC2)cc1. The van der Waals surface area contributed by atoms with Gasteiger partial charge in [-0.25, -0.2) is 5.01 Å². The maximum Gasteiger partial charge on any atom is 0.257 e. The lowest BCUT2D eigenvalue weighted by molar-refractivity contribution is -0.134. The summed E-state index contributed by atoms with van der Waals surface area (Å²) in [6, 6.07) is 27.7. The van der Waals surface area contributed by atoms with Crippen LogP contribution in [-0.2, 0) is 11.2 Å². The van der Waals surface area contributed by atoms with Gasteiger partial charge in [0.25, 0.3) is 5.91 Å². The highest BCUT2D eigenvalue weighted by Crippen LogP contribution is 2.33. The van der Waals surface area contributed by atoms with Crippen LogP contribution in [-0.4, -0.2) is 41.2 Å². The highest BCUT2D eigenvalue weighted by molar-refractivity contribution is 6.03. The fraction of sp³-hybridized carbons (Fsp3) is 0.355. The molecular formula is C31H35N3O. The number of piperidine rings is 1. The van der Waals surface area contributed by atoms with Crippen LogP contribution in [0, 0.1) is 19.8 Å². The molecule has 4 heteroatoms. The molecule has 3 aromatic carbocycles. The van der Waals surface area contributed by atoms with Gasteiger partial charge in [0.15, 0.2) is 0 Å². The molecule has 0 radical (unpaired) electrons. The highest BCUT2D eigenvalue weighted by Gasteiger charge is 2.34. The second-order valence-corrected chi connectivity index (χ2v) is 10.2. The Labute approximate surface area is 209 Å². The van der Waals surface area contributed by atoms with E-state index in [-0.39, 0.29) is 11.9 Å². The number of hydrogen-bond acceptors (Lipinski definition) is 3. The molecule has 1 unspecified atom stereocenters. The van der Waals surface area contributed by atoms with Crippen molar-refractivity contribution in [2.45, 2.75) is 45.6 Å². The first-order valence-corrected chi connectivity index (χ1v) is 12.8. The molecule has 5 rings (SSSR count). The molecule has 0 aromatic heterocycles. The summed E-state index contributed by atoms with van der Waals surface area (Å²) in [5.74, 6) is 0.793. The van der Waals surface area contributed by atoms with Gasteiger partial charge in [-0.15, -0.1) is 0 Å². The van der Waals surface area contributed by atoms with Gasteiger partial charge < -0.3 is 0 Å². The lowest BCUT2D eigenvalue weighted by atomic mass is 9.90. The predicted molar refractivity (Wildman–Crippen MR) is 142 cm³/mol. The van der Waals surface area contributed by atoms with Gasteiger partial charge in [-0.05, 0) is 68.8 Å². The van der Waals surface area contributed by atoms with Gasteiger partial charge in [-0.1, -0.05) is 90.0 Å². The first kappa shape index (κ1) is 23.5. The normalized spacial score (nSPS) is 19.1. The molecule has 2 heterocycles. The number of likely N-dealkylation sites (tertiary alicyclic amines) is 1. The smallest absolute Gasteiger partial charge is 0.257 e. The summed E-state index contributed by atoms with van der Waals surface area (Å²) in [6.45, 7) is 6.57. The summed E-state index contributed by atoms with van der Waals surface area (Å²) in [6.07, 6.45) is 4.16. The molecule has 1 fully saturated rings. The maximum atomic E-state index is 13.6. The molecule has 0 bridgehead atoms. The molecule has 0 aliphatic carbocycles. The van der Waals surface area contributed by atoms with Crippen molar-refractivity contribution < 1.29 is 4.79 Å². The van der Waals surface area contributed by atoms with Crippen LogP contribution in [0.5, 0.6) is 0 Å². The fourth-order valence-electron chi connectivity index (χ4n) is 5.35. The van der Waals surface area contributed by atoms with E-state index in [0.29, 0.717) is 12.5 Å². The number of benzene rings is 3. The van der Waals surface area contributed by atoms with E-state index in [2.05, 4.69) is 97.6 Å². The summed E-state index contributed by atoms with van der Waals surface area (Å²) in [4.78, 5) is 15.9. The van der Waals surface area contributed by atoms with Gasteiger partial charge in [-0.2, -0.15) is 5.10 Å². The summed E-state index contributed by atoms with van der Waals surface area (Å²) < 4.78 is 0. The molecule has 0 N–H and O–H groups in total. The molecule has 1 atom stereocenters. The third-order valence-electron chi connectivity index (χ3n) is 7.41. The number of carbonyl (C=O) groups is 1. The van der Waals surface area contributed by atoms with E-state index in [1.807, 2.05) is 0 Å². The Morgan fingerprint density at radius 1 is 0.886 bits per heavy atom. The van der Waals surface area contributed by atoms with E-state index >= 15 is 0 Å². The Morgan fingerprint density at radius 3 is 2.34 bits per heavy atom. The molecule has 1 saturated heterocycles. The Hall–Kier alpha value is -3.24. The number of carbonyl (C=O) groups excluding carboxylic acids is 1. The van der Waals surface area contributed by atoms with Crippen LogP contribution >= 0.6 is 0 Å². The molecule has 3 aromatic rings. The molecule has 0 spiro atoms. The maximum absolute atomic E-state index is 13.6. The van der Waals surface area contributed by atoms with Crippen molar-refractivity contribution in [1.82, 2.24) is 9.91 Å². The number of rotatable bonds is 6. The minimum atomic E-state index is -0.0470. The fourth-order valence-corrected chi connectivity index (χ4v) is 5.35. The molecule has 0 saturated carbocycles. The lowest BCUT2D eigenvalue weighted by Gasteiger charge is -2.33. The Balaban J connectivity index is 1.27. The average molecular weight is 466 g/mol. The van der Waals surface area contributed by atoms with E-state index < -0.39 is 0 Å². The quantitative estimate of drug-likeness (QED) is 0.452. The van der Waals surface area contributed by atoms with Gasteiger partial charge in [0.05, 0.1) is 18.3 Å². The Morgan fingerprint density at radius 2 is 1.63 bits per heavy atom. The lowest BCUT2D eigenvalue weighted by Crippen LogP contribution is -2.42. The van der Waals surface area contributed by atoms with Crippen molar-refractivity contribution in [1.29, 1.82) is 0 Å². The van der Waals surface area contributed by atoms with Crippen LogP contribution in [0.3, 0.4) is 0 Å². The van der Waals surface area contributed by atoms with Crippen molar-refractivity contribution in [3.8, 4) is 0 Å². The monoisotopic (exact) mass is 465 g/mol. The zero-order chi connectivity index (χ0) is 24.2. The average Bonchev–Trinajstić information content (AvgIpc) is 3.32. The van der Waals surface area contributed by atoms with Gasteiger partial charge >= 0.3 is 0 Å². The van der Waals surface area contributed by atoms with Crippen LogP contribution < -0.4 is 0 Å². The second-order valence-electron chi connectivity index (χ2n) is 10.2. The Bertz CT molecular complexity index is 1180. The van der Waals surface area contributed by atoms with Crippen LogP contribution in [0.25, 0.3) is 0 Å². The summed E-state index contributed by atoms with van der Waals surface area (Å²) in [5, 5.41) is 6.65. The van der Waals surface area contributed by atoms with Crippen LogP contribution in [0.1, 0.15) is 53.1 Å². The third-order valence-corrected chi connectivity index (χ3v) is 7.41. The molecule has 4 nitrogen and oxygen atoms in total. The van der Waals surface area contributed by atoms with Crippen molar-refractivity contribution in [2.24, 2.45) is 11.0 Å². The van der Waals surface area contributed by atoms with Crippen molar-refractivity contribution in [2.75, 3.05) is 19.6 Å². The highest BCUT2D eigenvalue weighted by atomic mass is 16.2. The van der Waals surface area contributed by atoms with Crippen molar-refractivity contribution in [3.05, 3.63) is 107 Å². The number of nitrogens with zero attached hydrogens (tertiary/aromatic N) is 3. The summed E-state index contributed by atoms with van der Waals surface area (Å²) in [7, 11) is 0. The summed E-state index contributed by atoms with van der Waals surface area (Å²) >= 11 is 0. The van der Waals surface area contributed by atoms with Crippen molar-refractivity contribution >= 4 is 11.6 Å². The first-order chi connectivity index (χ1) is 17.0. The van der Waals surface area contributed by atoms with E-state index in [9.17, 15) is 4.79 Å². The van der Waals surface area contributed by atoms with E-state index in [1.54, 1.807) is 5.01 Å². The van der Waals surface area contributed by atoms with Gasteiger partial charge in [-0.3, -0.25) is 9.69 Å². The van der Waals surface area contributed by atoms with Crippen molar-refractivity contribution in [3.63, 3.8) is 0 Å². The van der Waals surface area contributed by atoms with Gasteiger partial charge in [0, 0.05) is 6.42 Å². The Kier molecular flexibility index (Phi) is 7.10. The van der Waals surface area contributed by atoms with Crippen LogP contribution in [0.15, 0.2) is 84.0 Å². The first-order valence-electron chi connectivity index (χ1n) is 12.8. The standard InChI is InChI=1S/C31H35N3O/c1-23-11-13-27(14-12-23)30-21-29(28-10-6-7-24(2)19-28)32-34(30)31(35)22-33-17-15-26(16-18-33)20-25-8-4-3-5-9-25/h3-14,19,26,30H,15-18,20-22H2,1-2H3. The van der Waals surface area contributed by atoms with Gasteiger partial charge in [0.1, 0.15) is 0 Å².